The van der Waals surface area contributed by atoms with Crippen LogP contribution in [0.1, 0.15) is 40.5 Å². The average molecular weight is 162 g/mol. The summed E-state index contributed by atoms with van der Waals surface area (Å²) in [6.45, 7) is 8.86. The van der Waals surface area contributed by atoms with Crippen LogP contribution in [0.2, 0.25) is 0 Å². The number of hydrogen-bond donors (Lipinski definition) is 0. The van der Waals surface area contributed by atoms with Gasteiger partial charge in [0.25, 0.3) is 0 Å². The molecule has 0 aliphatic heterocycles. The third-order valence-electron chi connectivity index (χ3n) is 2.71. The summed E-state index contributed by atoms with van der Waals surface area (Å²) >= 11 is 0. The molecule has 0 heteroatoms. The molecule has 66 valence electrons. The summed E-state index contributed by atoms with van der Waals surface area (Å²) in [5.41, 5.74) is 5.88. The minimum atomic E-state index is 1.13. The van der Waals surface area contributed by atoms with Crippen LogP contribution in [0.3, 0.4) is 0 Å². The van der Waals surface area contributed by atoms with E-state index in [1.54, 1.807) is 0 Å². The highest BCUT2D eigenvalue weighted by molar-refractivity contribution is 5.40. The van der Waals surface area contributed by atoms with Crippen LogP contribution in [0, 0.1) is 0 Å². The van der Waals surface area contributed by atoms with E-state index in [9.17, 15) is 0 Å². The molecule has 0 saturated carbocycles. The summed E-state index contributed by atoms with van der Waals surface area (Å²) in [6, 6.07) is 0. The first kappa shape index (κ1) is 9.31. The quantitative estimate of drug-likeness (QED) is 0.546. The van der Waals surface area contributed by atoms with Crippen molar-refractivity contribution >= 4 is 0 Å². The molecule has 0 atom stereocenters. The van der Waals surface area contributed by atoms with Crippen LogP contribution in [0.5, 0.6) is 0 Å². The molecule has 0 N–H and O–H groups in total. The predicted octanol–water partition coefficient (Wildman–Crippen LogP) is 4.01. The molecule has 0 radical (unpaired) electrons. The normalized spacial score (nSPS) is 18.7. The van der Waals surface area contributed by atoms with Crippen LogP contribution < -0.4 is 0 Å². The van der Waals surface area contributed by atoms with Crippen LogP contribution in [0.15, 0.2) is 34.4 Å². The summed E-state index contributed by atoms with van der Waals surface area (Å²) in [6.07, 6.45) is 6.93. The Morgan fingerprint density at radius 3 is 2.50 bits per heavy atom. The zero-order chi connectivity index (χ0) is 9.14. The van der Waals surface area contributed by atoms with Gasteiger partial charge < -0.3 is 0 Å². The molecule has 0 aromatic carbocycles. The standard InChI is InChI=1S/C12H18/c1-5-12-7-6-9(2)11(4)10(3)8-12/h7-8H,5-6H2,1-4H3. The molecule has 12 heavy (non-hydrogen) atoms. The fraction of sp³-hybridized carbons (Fsp3) is 0.500. The lowest BCUT2D eigenvalue weighted by molar-refractivity contribution is 1.11. The van der Waals surface area contributed by atoms with Gasteiger partial charge in [0, 0.05) is 0 Å². The van der Waals surface area contributed by atoms with Crippen molar-refractivity contribution in [3.63, 3.8) is 0 Å². The second-order valence-corrected chi connectivity index (χ2v) is 3.57. The van der Waals surface area contributed by atoms with Gasteiger partial charge in [-0.3, -0.25) is 0 Å². The van der Waals surface area contributed by atoms with Crippen molar-refractivity contribution in [1.29, 1.82) is 0 Å². The fourth-order valence-corrected chi connectivity index (χ4v) is 1.47. The van der Waals surface area contributed by atoms with Crippen LogP contribution in [-0.4, -0.2) is 0 Å². The van der Waals surface area contributed by atoms with E-state index in [4.69, 9.17) is 0 Å². The Morgan fingerprint density at radius 2 is 1.92 bits per heavy atom. The van der Waals surface area contributed by atoms with Gasteiger partial charge in [-0.05, 0) is 44.8 Å². The Kier molecular flexibility index (Phi) is 2.91. The lowest BCUT2D eigenvalue weighted by Crippen LogP contribution is -1.82. The molecule has 1 rings (SSSR count). The molecule has 0 aromatic heterocycles. The van der Waals surface area contributed by atoms with Gasteiger partial charge in [-0.1, -0.05) is 30.2 Å². The molecule has 0 saturated heterocycles. The van der Waals surface area contributed by atoms with E-state index in [2.05, 4.69) is 39.8 Å². The smallest absolute Gasteiger partial charge is 0.0130 e. The van der Waals surface area contributed by atoms with Crippen LogP contribution >= 0.6 is 0 Å². The molecule has 0 heterocycles. The van der Waals surface area contributed by atoms with Crippen LogP contribution in [0.4, 0.5) is 0 Å². The van der Waals surface area contributed by atoms with Gasteiger partial charge in [0.15, 0.2) is 0 Å². The highest BCUT2D eigenvalue weighted by Crippen LogP contribution is 2.23. The van der Waals surface area contributed by atoms with Crippen molar-refractivity contribution in [3.05, 3.63) is 34.4 Å². The summed E-state index contributed by atoms with van der Waals surface area (Å²) in [5.74, 6) is 0. The Morgan fingerprint density at radius 1 is 1.25 bits per heavy atom. The topological polar surface area (TPSA) is 0 Å². The monoisotopic (exact) mass is 162 g/mol. The Labute approximate surface area is 75.7 Å². The SMILES string of the molecule is CCC1=CCC(C)=C(C)C(C)=C1. The van der Waals surface area contributed by atoms with E-state index in [0.717, 1.165) is 12.8 Å². The van der Waals surface area contributed by atoms with Gasteiger partial charge in [0.1, 0.15) is 0 Å². The molecule has 0 amide bonds. The fourth-order valence-electron chi connectivity index (χ4n) is 1.47. The molecule has 0 aromatic rings. The summed E-state index contributed by atoms with van der Waals surface area (Å²) in [5, 5.41) is 0. The Hall–Kier alpha value is -0.780. The maximum Gasteiger partial charge on any atom is -0.0130 e. The van der Waals surface area contributed by atoms with E-state index in [-0.39, 0.29) is 0 Å². The van der Waals surface area contributed by atoms with Gasteiger partial charge in [-0.2, -0.15) is 0 Å². The maximum atomic E-state index is 2.34. The van der Waals surface area contributed by atoms with Crippen molar-refractivity contribution in [2.45, 2.75) is 40.5 Å². The van der Waals surface area contributed by atoms with Gasteiger partial charge in [-0.15, -0.1) is 0 Å². The van der Waals surface area contributed by atoms with E-state index in [1.165, 1.54) is 22.3 Å². The molecule has 1 aliphatic carbocycles. The average Bonchev–Trinajstić information content (AvgIpc) is 2.19. The predicted molar refractivity (Wildman–Crippen MR) is 55.1 cm³/mol. The summed E-state index contributed by atoms with van der Waals surface area (Å²) in [4.78, 5) is 0. The first-order valence-electron chi connectivity index (χ1n) is 4.69. The molecule has 0 nitrogen and oxygen atoms in total. The van der Waals surface area contributed by atoms with Gasteiger partial charge in [0.05, 0.1) is 0 Å². The number of allylic oxidation sites excluding steroid dienone is 6. The lowest BCUT2D eigenvalue weighted by Gasteiger charge is -2.03. The van der Waals surface area contributed by atoms with Gasteiger partial charge in [0.2, 0.25) is 0 Å². The highest BCUT2D eigenvalue weighted by Gasteiger charge is 2.03. The second kappa shape index (κ2) is 3.75. The van der Waals surface area contributed by atoms with Gasteiger partial charge >= 0.3 is 0 Å². The third kappa shape index (κ3) is 1.88. The molecule has 0 spiro atoms. The number of rotatable bonds is 1. The minimum absolute atomic E-state index is 1.13. The minimum Gasteiger partial charge on any atom is -0.0772 e. The molecular weight excluding hydrogens is 144 g/mol. The maximum absolute atomic E-state index is 2.34. The molecule has 0 bridgehead atoms. The Balaban J connectivity index is 3.00. The summed E-state index contributed by atoms with van der Waals surface area (Å²) in [7, 11) is 0. The van der Waals surface area contributed by atoms with Crippen molar-refractivity contribution in [2.24, 2.45) is 0 Å². The first-order chi connectivity index (χ1) is 5.65. The van der Waals surface area contributed by atoms with Crippen molar-refractivity contribution < 1.29 is 0 Å². The Bertz CT molecular complexity index is 262. The van der Waals surface area contributed by atoms with E-state index in [0.29, 0.717) is 0 Å². The zero-order valence-corrected chi connectivity index (χ0v) is 8.57. The van der Waals surface area contributed by atoms with E-state index < -0.39 is 0 Å². The molecule has 0 unspecified atom stereocenters. The first-order valence-corrected chi connectivity index (χ1v) is 4.69. The third-order valence-corrected chi connectivity index (χ3v) is 2.71. The van der Waals surface area contributed by atoms with Crippen LogP contribution in [0.25, 0.3) is 0 Å². The van der Waals surface area contributed by atoms with Crippen molar-refractivity contribution in [2.75, 3.05) is 0 Å². The molecule has 0 fully saturated rings. The molecular formula is C12H18. The highest BCUT2D eigenvalue weighted by atomic mass is 14.1. The van der Waals surface area contributed by atoms with Gasteiger partial charge in [-0.25, -0.2) is 0 Å². The molecule has 1 aliphatic rings. The largest absolute Gasteiger partial charge is 0.0772 e. The lowest BCUT2D eigenvalue weighted by atomic mass is 10.0. The summed E-state index contributed by atoms with van der Waals surface area (Å²) < 4.78 is 0. The van der Waals surface area contributed by atoms with E-state index in [1.807, 2.05) is 0 Å². The van der Waals surface area contributed by atoms with Crippen molar-refractivity contribution in [3.8, 4) is 0 Å². The zero-order valence-electron chi connectivity index (χ0n) is 8.57. The van der Waals surface area contributed by atoms with E-state index >= 15 is 0 Å². The van der Waals surface area contributed by atoms with Crippen LogP contribution in [-0.2, 0) is 0 Å². The number of hydrogen-bond acceptors (Lipinski definition) is 0. The van der Waals surface area contributed by atoms with Crippen molar-refractivity contribution in [1.82, 2.24) is 0 Å². The second-order valence-electron chi connectivity index (χ2n) is 3.57.